The van der Waals surface area contributed by atoms with Crippen LogP contribution in [0.2, 0.25) is 0 Å². The van der Waals surface area contributed by atoms with Gasteiger partial charge in [-0.15, -0.1) is 10.2 Å². The second-order valence-electron chi connectivity index (χ2n) is 7.41. The fourth-order valence-corrected chi connectivity index (χ4v) is 2.85. The molecule has 36 heavy (non-hydrogen) atoms. The van der Waals surface area contributed by atoms with Crippen LogP contribution in [0.3, 0.4) is 0 Å². The Morgan fingerprint density at radius 2 is 1.78 bits per heavy atom. The van der Waals surface area contributed by atoms with Crippen LogP contribution in [0.25, 0.3) is 28.7 Å². The molecular formula is C23H21F3N6O4. The van der Waals surface area contributed by atoms with Gasteiger partial charge in [0.05, 0.1) is 18.6 Å². The van der Waals surface area contributed by atoms with E-state index in [-0.39, 0.29) is 5.91 Å². The number of amides is 1. The van der Waals surface area contributed by atoms with Crippen molar-refractivity contribution in [3.63, 3.8) is 0 Å². The molecule has 1 unspecified atom stereocenters. The van der Waals surface area contributed by atoms with Gasteiger partial charge in [0.2, 0.25) is 11.8 Å². The van der Waals surface area contributed by atoms with Crippen LogP contribution >= 0.6 is 0 Å². The number of carboxylic acid groups (broad SMARTS) is 1. The molecule has 2 heterocycles. The molecule has 0 saturated heterocycles. The van der Waals surface area contributed by atoms with Crippen molar-refractivity contribution in [2.75, 3.05) is 0 Å². The molecule has 0 fully saturated rings. The molecule has 4 aromatic rings. The van der Waals surface area contributed by atoms with Crippen LogP contribution in [-0.4, -0.2) is 48.9 Å². The number of hydrogen-bond donors (Lipinski definition) is 3. The van der Waals surface area contributed by atoms with Gasteiger partial charge in [0.1, 0.15) is 5.69 Å². The lowest BCUT2D eigenvalue weighted by molar-refractivity contribution is -0.192. The van der Waals surface area contributed by atoms with Gasteiger partial charge in [-0.05, 0) is 36.8 Å². The highest BCUT2D eigenvalue weighted by molar-refractivity contribution is 5.80. The zero-order valence-corrected chi connectivity index (χ0v) is 18.8. The summed E-state index contributed by atoms with van der Waals surface area (Å²) < 4.78 is 39.5. The Bertz CT molecular complexity index is 1320. The Morgan fingerprint density at radius 1 is 1.11 bits per heavy atom. The molecule has 4 N–H and O–H groups in total. The lowest BCUT2D eigenvalue weighted by atomic mass is 10.2. The number of carbonyl (C=O) groups excluding carboxylic acids is 1. The highest BCUT2D eigenvalue weighted by atomic mass is 19.4. The SMILES string of the molecule is CC(N)C(=O)NCc1cccc(-n2cncc2-c2nnc(-c3ccccc3)o2)c1.O=C(O)C(F)(F)F. The summed E-state index contributed by atoms with van der Waals surface area (Å²) in [6.45, 7) is 2.04. The Kier molecular flexibility index (Phi) is 8.17. The first-order valence-corrected chi connectivity index (χ1v) is 10.4. The summed E-state index contributed by atoms with van der Waals surface area (Å²) in [4.78, 5) is 24.8. The summed E-state index contributed by atoms with van der Waals surface area (Å²) in [5, 5.41) is 18.3. The minimum Gasteiger partial charge on any atom is -0.475 e. The number of halogens is 3. The normalized spacial score (nSPS) is 11.8. The molecule has 0 saturated carbocycles. The average Bonchev–Trinajstić information content (AvgIpc) is 3.53. The number of carbonyl (C=O) groups is 2. The quantitative estimate of drug-likeness (QED) is 0.364. The fourth-order valence-electron chi connectivity index (χ4n) is 2.85. The lowest BCUT2D eigenvalue weighted by Crippen LogP contribution is -2.37. The molecule has 2 aromatic heterocycles. The van der Waals surface area contributed by atoms with Crippen LogP contribution in [0.4, 0.5) is 13.2 Å². The van der Waals surface area contributed by atoms with Gasteiger partial charge in [-0.25, -0.2) is 9.78 Å². The van der Waals surface area contributed by atoms with E-state index >= 15 is 0 Å². The maximum atomic E-state index is 11.7. The van der Waals surface area contributed by atoms with E-state index in [9.17, 15) is 18.0 Å². The number of nitrogens with one attached hydrogen (secondary N) is 1. The van der Waals surface area contributed by atoms with E-state index in [1.54, 1.807) is 19.4 Å². The third-order valence-corrected chi connectivity index (χ3v) is 4.61. The highest BCUT2D eigenvalue weighted by Gasteiger charge is 2.38. The van der Waals surface area contributed by atoms with E-state index in [0.29, 0.717) is 24.0 Å². The van der Waals surface area contributed by atoms with Crippen LogP contribution in [0.1, 0.15) is 12.5 Å². The Balaban J connectivity index is 0.000000454. The first-order valence-electron chi connectivity index (χ1n) is 10.4. The average molecular weight is 502 g/mol. The number of aliphatic carboxylic acids is 1. The van der Waals surface area contributed by atoms with Crippen molar-refractivity contribution < 1.29 is 32.3 Å². The van der Waals surface area contributed by atoms with Crippen molar-refractivity contribution in [3.8, 4) is 28.7 Å². The number of alkyl halides is 3. The minimum absolute atomic E-state index is 0.196. The Hall–Kier alpha value is -4.52. The van der Waals surface area contributed by atoms with Gasteiger partial charge in [-0.2, -0.15) is 13.2 Å². The van der Waals surface area contributed by atoms with Crippen molar-refractivity contribution in [2.45, 2.75) is 25.7 Å². The monoisotopic (exact) mass is 502 g/mol. The van der Waals surface area contributed by atoms with Gasteiger partial charge in [-0.1, -0.05) is 30.3 Å². The molecule has 1 atom stereocenters. The van der Waals surface area contributed by atoms with Gasteiger partial charge in [0.15, 0.2) is 0 Å². The van der Waals surface area contributed by atoms with E-state index in [1.165, 1.54) is 0 Å². The smallest absolute Gasteiger partial charge is 0.475 e. The maximum absolute atomic E-state index is 11.7. The molecular weight excluding hydrogens is 481 g/mol. The first-order chi connectivity index (χ1) is 17.1. The van der Waals surface area contributed by atoms with Crippen molar-refractivity contribution in [1.29, 1.82) is 0 Å². The van der Waals surface area contributed by atoms with Crippen LogP contribution in [0.5, 0.6) is 0 Å². The molecule has 0 radical (unpaired) electrons. The number of aromatic nitrogens is 4. The van der Waals surface area contributed by atoms with Gasteiger partial charge < -0.3 is 20.6 Å². The molecule has 0 bridgehead atoms. The van der Waals surface area contributed by atoms with Crippen LogP contribution in [-0.2, 0) is 16.1 Å². The molecule has 13 heteroatoms. The molecule has 0 spiro atoms. The van der Waals surface area contributed by atoms with Crippen molar-refractivity contribution >= 4 is 11.9 Å². The summed E-state index contributed by atoms with van der Waals surface area (Å²) in [6.07, 6.45) is -1.73. The van der Waals surface area contributed by atoms with Crippen molar-refractivity contribution in [3.05, 3.63) is 72.7 Å². The zero-order chi connectivity index (χ0) is 26.3. The maximum Gasteiger partial charge on any atom is 0.490 e. The van der Waals surface area contributed by atoms with E-state index < -0.39 is 18.2 Å². The summed E-state index contributed by atoms with van der Waals surface area (Å²) in [7, 11) is 0. The van der Waals surface area contributed by atoms with E-state index in [0.717, 1.165) is 16.8 Å². The van der Waals surface area contributed by atoms with Gasteiger partial charge in [-0.3, -0.25) is 9.36 Å². The predicted molar refractivity (Wildman–Crippen MR) is 121 cm³/mol. The number of rotatable bonds is 6. The lowest BCUT2D eigenvalue weighted by Gasteiger charge is -2.10. The Morgan fingerprint density at radius 3 is 2.42 bits per heavy atom. The molecule has 0 aliphatic carbocycles. The zero-order valence-electron chi connectivity index (χ0n) is 18.8. The van der Waals surface area contributed by atoms with E-state index in [1.807, 2.05) is 59.2 Å². The molecule has 0 aliphatic heterocycles. The standard InChI is InChI=1S/C21H20N6O2.C2HF3O2/c1-14(22)19(28)24-11-15-6-5-9-17(10-15)27-13-23-12-18(27)21-26-25-20(29-21)16-7-3-2-4-8-16;3-2(4,5)1(6)7/h2-10,12-14H,11,22H2,1H3,(H,24,28);(H,6,7). The number of nitrogens with two attached hydrogens (primary N) is 1. The second-order valence-corrected chi connectivity index (χ2v) is 7.41. The molecule has 10 nitrogen and oxygen atoms in total. The second kappa shape index (κ2) is 11.3. The van der Waals surface area contributed by atoms with E-state index in [2.05, 4.69) is 20.5 Å². The molecule has 0 aliphatic rings. The number of nitrogens with zero attached hydrogens (tertiary/aromatic N) is 4. The van der Waals surface area contributed by atoms with Crippen LogP contribution < -0.4 is 11.1 Å². The first kappa shape index (κ1) is 26.1. The van der Waals surface area contributed by atoms with Crippen molar-refractivity contribution in [1.82, 2.24) is 25.1 Å². The summed E-state index contributed by atoms with van der Waals surface area (Å²) >= 11 is 0. The fraction of sp³-hybridized carbons (Fsp3) is 0.174. The number of hydrogen-bond acceptors (Lipinski definition) is 7. The van der Waals surface area contributed by atoms with Gasteiger partial charge >= 0.3 is 12.1 Å². The molecule has 188 valence electrons. The highest BCUT2D eigenvalue weighted by Crippen LogP contribution is 2.25. The minimum atomic E-state index is -5.08. The third-order valence-electron chi connectivity index (χ3n) is 4.61. The molecule has 2 aromatic carbocycles. The van der Waals surface area contributed by atoms with Gasteiger partial charge in [0, 0.05) is 17.8 Å². The largest absolute Gasteiger partial charge is 0.490 e. The summed E-state index contributed by atoms with van der Waals surface area (Å²) in [5.74, 6) is -2.14. The van der Waals surface area contributed by atoms with Crippen molar-refractivity contribution in [2.24, 2.45) is 5.73 Å². The van der Waals surface area contributed by atoms with Gasteiger partial charge in [0.25, 0.3) is 5.89 Å². The Labute approximate surface area is 202 Å². The topological polar surface area (TPSA) is 149 Å². The third kappa shape index (κ3) is 6.76. The van der Waals surface area contributed by atoms with Crippen LogP contribution in [0.15, 0.2) is 71.5 Å². The predicted octanol–water partition coefficient (Wildman–Crippen LogP) is 3.19. The number of carboxylic acids is 1. The molecule has 4 rings (SSSR count). The van der Waals surface area contributed by atoms with Crippen LogP contribution in [0, 0.1) is 0 Å². The van der Waals surface area contributed by atoms with E-state index in [4.69, 9.17) is 20.1 Å². The molecule has 1 amide bonds. The number of benzene rings is 2. The summed E-state index contributed by atoms with van der Waals surface area (Å²) in [5.41, 5.74) is 8.92. The summed E-state index contributed by atoms with van der Waals surface area (Å²) in [6, 6.07) is 16.8. The number of imidazole rings is 1.